The second kappa shape index (κ2) is 11.6. The van der Waals surface area contributed by atoms with Crippen molar-refractivity contribution in [2.75, 3.05) is 24.7 Å². The number of rotatable bonds is 12. The zero-order valence-corrected chi connectivity index (χ0v) is 21.4. The van der Waals surface area contributed by atoms with E-state index in [-0.39, 0.29) is 23.5 Å². The predicted octanol–water partition coefficient (Wildman–Crippen LogP) is 5.67. The molecule has 0 spiro atoms. The fourth-order valence-electron chi connectivity index (χ4n) is 3.16. The van der Waals surface area contributed by atoms with E-state index < -0.39 is 15.9 Å². The average molecular weight is 503 g/mol. The van der Waals surface area contributed by atoms with Gasteiger partial charge in [0.25, 0.3) is 0 Å². The molecule has 178 valence electrons. The molecule has 0 fully saturated rings. The molecule has 0 saturated carbocycles. The minimum atomic E-state index is -3.26. The molecule has 2 aromatic carbocycles. The lowest BCUT2D eigenvalue weighted by molar-refractivity contribution is 0.125. The first-order valence-corrected chi connectivity index (χ1v) is 13.3. The highest BCUT2D eigenvalue weighted by molar-refractivity contribution is 7.91. The highest BCUT2D eigenvalue weighted by Gasteiger charge is 2.26. The van der Waals surface area contributed by atoms with Gasteiger partial charge < -0.3 is 14.6 Å². The molecule has 32 heavy (non-hydrogen) atoms. The highest BCUT2D eigenvalue weighted by Crippen LogP contribution is 2.40. The van der Waals surface area contributed by atoms with E-state index in [2.05, 4.69) is 20.8 Å². The zero-order valence-electron chi connectivity index (χ0n) is 19.0. The molecule has 2 aromatic rings. The molecule has 0 aromatic heterocycles. The van der Waals surface area contributed by atoms with E-state index in [0.717, 1.165) is 24.0 Å². The van der Waals surface area contributed by atoms with Gasteiger partial charge in [-0.3, -0.25) is 0 Å². The van der Waals surface area contributed by atoms with Crippen molar-refractivity contribution in [2.24, 2.45) is 0 Å². The summed E-state index contributed by atoms with van der Waals surface area (Å²) < 4.78 is 34.5. The second-order valence-corrected chi connectivity index (χ2v) is 11.5. The third kappa shape index (κ3) is 7.27. The first-order chi connectivity index (χ1) is 15.0. The Balaban J connectivity index is 2.11. The van der Waals surface area contributed by atoms with Crippen molar-refractivity contribution in [3.63, 3.8) is 0 Å². The molecule has 0 aliphatic carbocycles. The van der Waals surface area contributed by atoms with E-state index in [1.54, 1.807) is 19.1 Å². The van der Waals surface area contributed by atoms with Gasteiger partial charge in [0, 0.05) is 11.2 Å². The fraction of sp³-hybridized carbons (Fsp3) is 0.500. The van der Waals surface area contributed by atoms with Gasteiger partial charge in [-0.2, -0.15) is 0 Å². The van der Waals surface area contributed by atoms with Crippen LogP contribution >= 0.6 is 23.2 Å². The van der Waals surface area contributed by atoms with Gasteiger partial charge in [-0.25, -0.2) is 8.42 Å². The molecule has 1 N–H and O–H groups in total. The molecular formula is C24H32Cl2O5S. The van der Waals surface area contributed by atoms with Gasteiger partial charge in [0.2, 0.25) is 0 Å². The number of hydrogen-bond donors (Lipinski definition) is 1. The van der Waals surface area contributed by atoms with Gasteiger partial charge in [0.05, 0.1) is 22.4 Å². The highest BCUT2D eigenvalue weighted by atomic mass is 35.5. The molecular weight excluding hydrogens is 471 g/mol. The van der Waals surface area contributed by atoms with Crippen molar-refractivity contribution >= 4 is 33.0 Å². The van der Waals surface area contributed by atoms with Crippen LogP contribution in [-0.2, 0) is 15.3 Å². The van der Waals surface area contributed by atoms with Crippen molar-refractivity contribution in [3.8, 4) is 11.5 Å². The molecule has 0 bridgehead atoms. The van der Waals surface area contributed by atoms with Crippen molar-refractivity contribution in [3.05, 3.63) is 57.6 Å². The third-order valence-electron chi connectivity index (χ3n) is 5.37. The van der Waals surface area contributed by atoms with Crippen molar-refractivity contribution in [1.82, 2.24) is 0 Å². The standard InChI is InChI=1S/C24H32Cl2O5S/c1-5-7-12-30-23-21(25)13-18(14-22(23)26)24(3,4)17-8-10-20(11-9-17)31-15-19(27)16-32(28,29)6-2/h8-11,13-14,19,27H,5-7,12,15-16H2,1-4H3/t19-/m0/s1. The Bertz CT molecular complexity index is 965. The minimum Gasteiger partial charge on any atom is -0.491 e. The molecule has 0 saturated heterocycles. The maximum Gasteiger partial charge on any atom is 0.156 e. The molecule has 0 radical (unpaired) electrons. The van der Waals surface area contributed by atoms with Crippen molar-refractivity contribution in [2.45, 2.75) is 52.1 Å². The predicted molar refractivity (Wildman–Crippen MR) is 131 cm³/mol. The first kappa shape index (κ1) is 26.8. The summed E-state index contributed by atoms with van der Waals surface area (Å²) in [6.45, 7) is 8.26. The van der Waals surface area contributed by atoms with Crippen LogP contribution in [0, 0.1) is 0 Å². The lowest BCUT2D eigenvalue weighted by atomic mass is 9.78. The Hall–Kier alpha value is -1.47. The Morgan fingerprint density at radius 1 is 1.00 bits per heavy atom. The molecule has 0 aliphatic rings. The second-order valence-electron chi connectivity index (χ2n) is 8.28. The van der Waals surface area contributed by atoms with Crippen LogP contribution in [0.4, 0.5) is 0 Å². The maximum atomic E-state index is 11.6. The molecule has 0 aliphatic heterocycles. The van der Waals surface area contributed by atoms with Gasteiger partial charge in [-0.05, 0) is 41.8 Å². The number of hydrogen-bond acceptors (Lipinski definition) is 5. The number of halogens is 2. The van der Waals surface area contributed by atoms with E-state index in [1.807, 2.05) is 24.3 Å². The molecule has 2 rings (SSSR count). The summed E-state index contributed by atoms with van der Waals surface area (Å²) in [5.41, 5.74) is 1.58. The number of aliphatic hydroxyl groups is 1. The SMILES string of the molecule is CCCCOc1c(Cl)cc(C(C)(C)c2ccc(OC[C@H](O)CS(=O)(=O)CC)cc2)cc1Cl. The van der Waals surface area contributed by atoms with Gasteiger partial charge >= 0.3 is 0 Å². The Morgan fingerprint density at radius 3 is 2.12 bits per heavy atom. The van der Waals surface area contributed by atoms with E-state index in [4.69, 9.17) is 32.7 Å². The van der Waals surface area contributed by atoms with Crippen molar-refractivity contribution < 1.29 is 23.0 Å². The largest absolute Gasteiger partial charge is 0.491 e. The number of unbranched alkanes of at least 4 members (excludes halogenated alkanes) is 1. The summed E-state index contributed by atoms with van der Waals surface area (Å²) >= 11 is 12.9. The van der Waals surface area contributed by atoms with Gasteiger partial charge in [-0.15, -0.1) is 0 Å². The van der Waals surface area contributed by atoms with Crippen LogP contribution in [0.5, 0.6) is 11.5 Å². The summed E-state index contributed by atoms with van der Waals surface area (Å²) in [6.07, 6.45) is 0.884. The molecule has 0 unspecified atom stereocenters. The van der Waals surface area contributed by atoms with Crippen LogP contribution < -0.4 is 9.47 Å². The maximum absolute atomic E-state index is 11.6. The topological polar surface area (TPSA) is 72.8 Å². The normalized spacial score (nSPS) is 13.1. The smallest absolute Gasteiger partial charge is 0.156 e. The molecule has 8 heteroatoms. The van der Waals surface area contributed by atoms with Crippen LogP contribution in [-0.4, -0.2) is 44.3 Å². The minimum absolute atomic E-state index is 0.00623. The molecule has 0 amide bonds. The van der Waals surface area contributed by atoms with Gasteiger partial charge in [0.15, 0.2) is 15.6 Å². The van der Waals surface area contributed by atoms with Crippen LogP contribution in [0.25, 0.3) is 0 Å². The fourth-order valence-corrected chi connectivity index (χ4v) is 4.68. The first-order valence-electron chi connectivity index (χ1n) is 10.7. The Labute approximate surface area is 201 Å². The Morgan fingerprint density at radius 2 is 1.59 bits per heavy atom. The van der Waals surface area contributed by atoms with Crippen molar-refractivity contribution in [1.29, 1.82) is 0 Å². The third-order valence-corrected chi connectivity index (χ3v) is 7.70. The summed E-state index contributed by atoms with van der Waals surface area (Å²) in [5.74, 6) is 0.740. The molecule has 0 heterocycles. The van der Waals surface area contributed by atoms with E-state index in [9.17, 15) is 13.5 Å². The van der Waals surface area contributed by atoms with Gasteiger partial charge in [0.1, 0.15) is 18.5 Å². The van der Waals surface area contributed by atoms with Crippen LogP contribution in [0.3, 0.4) is 0 Å². The molecule has 5 nitrogen and oxygen atoms in total. The lowest BCUT2D eigenvalue weighted by Crippen LogP contribution is -2.28. The van der Waals surface area contributed by atoms with E-state index in [1.165, 1.54) is 0 Å². The number of ether oxygens (including phenoxy) is 2. The zero-order chi connectivity index (χ0) is 23.9. The number of sulfone groups is 1. The van der Waals surface area contributed by atoms with E-state index >= 15 is 0 Å². The number of benzene rings is 2. The van der Waals surface area contributed by atoms with E-state index in [0.29, 0.717) is 28.2 Å². The number of aliphatic hydroxyl groups excluding tert-OH is 1. The monoisotopic (exact) mass is 502 g/mol. The quantitative estimate of drug-likeness (QED) is 0.378. The lowest BCUT2D eigenvalue weighted by Gasteiger charge is -2.27. The summed E-state index contributed by atoms with van der Waals surface area (Å²) in [5, 5.41) is 10.9. The summed E-state index contributed by atoms with van der Waals surface area (Å²) in [7, 11) is -3.26. The summed E-state index contributed by atoms with van der Waals surface area (Å²) in [4.78, 5) is 0. The van der Waals surface area contributed by atoms with Crippen LogP contribution in [0.15, 0.2) is 36.4 Å². The Kier molecular flexibility index (Phi) is 9.70. The van der Waals surface area contributed by atoms with Gasteiger partial charge in [-0.1, -0.05) is 69.5 Å². The average Bonchev–Trinajstić information content (AvgIpc) is 2.74. The van der Waals surface area contributed by atoms with Crippen LogP contribution in [0.2, 0.25) is 10.0 Å². The molecule has 1 atom stereocenters. The summed E-state index contributed by atoms with van der Waals surface area (Å²) in [6, 6.07) is 11.2. The van der Waals surface area contributed by atoms with Crippen LogP contribution in [0.1, 0.15) is 51.7 Å².